The fraction of sp³-hybridized carbons (Fsp3) is 0.100. The van der Waals surface area contributed by atoms with Gasteiger partial charge in [-0.2, -0.15) is 0 Å². The van der Waals surface area contributed by atoms with Crippen LogP contribution in [0.25, 0.3) is 0 Å². The molecule has 0 radical (unpaired) electrons. The zero-order valence-electron chi connectivity index (χ0n) is 8.25. The van der Waals surface area contributed by atoms with Crippen LogP contribution >= 0.6 is 11.3 Å². The zero-order valence-corrected chi connectivity index (χ0v) is 9.07. The highest BCUT2D eigenvalue weighted by Crippen LogP contribution is 2.12. The second-order valence-electron chi connectivity index (χ2n) is 3.02. The lowest BCUT2D eigenvalue weighted by Crippen LogP contribution is -2.01. The van der Waals surface area contributed by atoms with Crippen molar-refractivity contribution in [2.45, 2.75) is 6.54 Å². The number of aromatic carboxylic acids is 1. The maximum absolute atomic E-state index is 10.6. The molecule has 0 aromatic carbocycles. The summed E-state index contributed by atoms with van der Waals surface area (Å²) < 4.78 is 0. The van der Waals surface area contributed by atoms with Gasteiger partial charge in [-0.25, -0.2) is 9.78 Å². The van der Waals surface area contributed by atoms with Crippen LogP contribution in [0.5, 0.6) is 0 Å². The molecule has 0 atom stereocenters. The Bertz CT molecular complexity index is 484. The van der Waals surface area contributed by atoms with Crippen molar-refractivity contribution in [2.75, 3.05) is 5.32 Å². The average Bonchev–Trinajstić information content (AvgIpc) is 2.76. The molecule has 0 bridgehead atoms. The molecule has 0 aliphatic carbocycles. The minimum atomic E-state index is -0.994. The number of hydrogen-bond acceptors (Lipinski definition) is 5. The molecule has 0 aliphatic rings. The van der Waals surface area contributed by atoms with Crippen LogP contribution in [-0.2, 0) is 6.54 Å². The van der Waals surface area contributed by atoms with Crippen molar-refractivity contribution in [1.82, 2.24) is 9.97 Å². The summed E-state index contributed by atoms with van der Waals surface area (Å²) in [4.78, 5) is 18.5. The highest BCUT2D eigenvalue weighted by molar-refractivity contribution is 7.09. The molecule has 0 spiro atoms. The lowest BCUT2D eigenvalue weighted by atomic mass is 10.4. The van der Waals surface area contributed by atoms with Gasteiger partial charge < -0.3 is 10.4 Å². The van der Waals surface area contributed by atoms with E-state index in [1.54, 1.807) is 12.4 Å². The zero-order chi connectivity index (χ0) is 11.4. The second-order valence-corrected chi connectivity index (χ2v) is 3.96. The molecule has 0 saturated heterocycles. The quantitative estimate of drug-likeness (QED) is 0.845. The largest absolute Gasteiger partial charge is 0.476 e. The Labute approximate surface area is 95.8 Å². The normalized spacial score (nSPS) is 10.0. The van der Waals surface area contributed by atoms with Crippen LogP contribution in [0.1, 0.15) is 15.5 Å². The molecule has 2 rings (SSSR count). The fourth-order valence-electron chi connectivity index (χ4n) is 1.14. The van der Waals surface area contributed by atoms with E-state index in [9.17, 15) is 4.79 Å². The van der Waals surface area contributed by atoms with E-state index < -0.39 is 5.97 Å². The summed E-state index contributed by atoms with van der Waals surface area (Å²) in [5, 5.41) is 14.1. The summed E-state index contributed by atoms with van der Waals surface area (Å²) in [5.41, 5.74) is 1.03. The van der Waals surface area contributed by atoms with Gasteiger partial charge in [0.25, 0.3) is 0 Å². The lowest BCUT2D eigenvalue weighted by Gasteiger charge is -2.02. The minimum absolute atomic E-state index is 0.0940. The average molecular weight is 235 g/mol. The molecule has 2 N–H and O–H groups in total. The number of aromatic nitrogens is 2. The first-order chi connectivity index (χ1) is 7.75. The molecular weight excluding hydrogens is 226 g/mol. The van der Waals surface area contributed by atoms with E-state index in [2.05, 4.69) is 15.3 Å². The summed E-state index contributed by atoms with van der Waals surface area (Å²) >= 11 is 1.33. The third-order valence-corrected chi connectivity index (χ3v) is 2.74. The van der Waals surface area contributed by atoms with Crippen molar-refractivity contribution in [3.63, 3.8) is 0 Å². The van der Waals surface area contributed by atoms with Crippen molar-refractivity contribution in [3.8, 4) is 0 Å². The Kier molecular flexibility index (Phi) is 3.11. The first kappa shape index (κ1) is 10.6. The molecule has 5 nitrogen and oxygen atoms in total. The molecule has 6 heteroatoms. The van der Waals surface area contributed by atoms with E-state index in [4.69, 9.17) is 5.11 Å². The number of thiazole rings is 1. The predicted octanol–water partition coefficient (Wildman–Crippen LogP) is 1.85. The Hall–Kier alpha value is -1.95. The van der Waals surface area contributed by atoms with Crippen molar-refractivity contribution in [3.05, 3.63) is 40.6 Å². The van der Waals surface area contributed by atoms with E-state index in [0.717, 1.165) is 10.7 Å². The first-order valence-corrected chi connectivity index (χ1v) is 5.45. The first-order valence-electron chi connectivity index (χ1n) is 4.57. The minimum Gasteiger partial charge on any atom is -0.476 e. The van der Waals surface area contributed by atoms with E-state index in [1.807, 2.05) is 12.1 Å². The van der Waals surface area contributed by atoms with E-state index in [0.29, 0.717) is 6.54 Å². The number of hydrogen-bond donors (Lipinski definition) is 2. The smallest absolute Gasteiger partial charge is 0.355 e. The summed E-state index contributed by atoms with van der Waals surface area (Å²) in [6.45, 7) is 0.516. The Balaban J connectivity index is 1.97. The summed E-state index contributed by atoms with van der Waals surface area (Å²) in [6.07, 6.45) is 3.37. The molecule has 2 aromatic rings. The third kappa shape index (κ3) is 2.54. The Morgan fingerprint density at radius 1 is 1.44 bits per heavy atom. The van der Waals surface area contributed by atoms with Crippen LogP contribution in [0.4, 0.5) is 5.69 Å². The Morgan fingerprint density at radius 2 is 2.19 bits per heavy atom. The molecule has 0 unspecified atom stereocenters. The van der Waals surface area contributed by atoms with Crippen LogP contribution in [0, 0.1) is 0 Å². The van der Waals surface area contributed by atoms with Gasteiger partial charge in [0.2, 0.25) is 0 Å². The number of carboxylic acid groups (broad SMARTS) is 1. The predicted molar refractivity (Wildman–Crippen MR) is 60.6 cm³/mol. The monoisotopic (exact) mass is 235 g/mol. The molecule has 16 heavy (non-hydrogen) atoms. The van der Waals surface area contributed by atoms with Gasteiger partial charge in [0.1, 0.15) is 5.01 Å². The van der Waals surface area contributed by atoms with Crippen molar-refractivity contribution >= 4 is 23.0 Å². The second kappa shape index (κ2) is 4.71. The number of rotatable bonds is 4. The van der Waals surface area contributed by atoms with Gasteiger partial charge in [-0.05, 0) is 12.1 Å². The maximum Gasteiger partial charge on any atom is 0.355 e. The van der Waals surface area contributed by atoms with Gasteiger partial charge in [0.05, 0.1) is 6.54 Å². The molecule has 0 fully saturated rings. The van der Waals surface area contributed by atoms with Crippen LogP contribution in [-0.4, -0.2) is 21.0 Å². The highest BCUT2D eigenvalue weighted by Gasteiger charge is 2.07. The van der Waals surface area contributed by atoms with Crippen molar-refractivity contribution < 1.29 is 9.90 Å². The van der Waals surface area contributed by atoms with Crippen LogP contribution in [0.2, 0.25) is 0 Å². The topological polar surface area (TPSA) is 75.1 Å². The van der Waals surface area contributed by atoms with E-state index >= 15 is 0 Å². The third-order valence-electron chi connectivity index (χ3n) is 1.89. The molecule has 0 aliphatic heterocycles. The number of nitrogens with zero attached hydrogens (tertiary/aromatic N) is 2. The maximum atomic E-state index is 10.6. The molecule has 2 aromatic heterocycles. The fourth-order valence-corrected chi connectivity index (χ4v) is 1.85. The SMILES string of the molecule is O=C(O)c1csc(CNc2ccncc2)n1. The van der Waals surface area contributed by atoms with Crippen molar-refractivity contribution in [1.29, 1.82) is 0 Å². The van der Waals surface area contributed by atoms with Gasteiger partial charge >= 0.3 is 5.97 Å². The number of carbonyl (C=O) groups is 1. The molecular formula is C10H9N3O2S. The van der Waals surface area contributed by atoms with Crippen LogP contribution < -0.4 is 5.32 Å². The van der Waals surface area contributed by atoms with E-state index in [1.165, 1.54) is 16.7 Å². The molecule has 0 saturated carbocycles. The number of nitrogens with one attached hydrogen (secondary N) is 1. The lowest BCUT2D eigenvalue weighted by molar-refractivity contribution is 0.0691. The number of anilines is 1. The summed E-state index contributed by atoms with van der Waals surface area (Å²) in [6, 6.07) is 3.68. The van der Waals surface area contributed by atoms with Crippen LogP contribution in [0.3, 0.4) is 0 Å². The van der Waals surface area contributed by atoms with Gasteiger partial charge in [0, 0.05) is 23.5 Å². The van der Waals surface area contributed by atoms with Gasteiger partial charge in [-0.15, -0.1) is 11.3 Å². The molecule has 82 valence electrons. The van der Waals surface area contributed by atoms with E-state index in [-0.39, 0.29) is 5.69 Å². The Morgan fingerprint density at radius 3 is 2.81 bits per heavy atom. The van der Waals surface area contributed by atoms with Gasteiger partial charge in [-0.1, -0.05) is 0 Å². The van der Waals surface area contributed by atoms with Crippen molar-refractivity contribution in [2.24, 2.45) is 0 Å². The standard InChI is InChI=1S/C10H9N3O2S/c14-10(15)8-6-16-9(13-8)5-12-7-1-3-11-4-2-7/h1-4,6H,5H2,(H,11,12)(H,14,15). The molecule has 0 amide bonds. The van der Waals surface area contributed by atoms with Gasteiger partial charge in [-0.3, -0.25) is 4.98 Å². The highest BCUT2D eigenvalue weighted by atomic mass is 32.1. The van der Waals surface area contributed by atoms with Crippen LogP contribution in [0.15, 0.2) is 29.9 Å². The molecule has 2 heterocycles. The summed E-state index contributed by atoms with van der Waals surface area (Å²) in [5.74, 6) is -0.994. The number of pyridine rings is 1. The summed E-state index contributed by atoms with van der Waals surface area (Å²) in [7, 11) is 0. The number of carboxylic acids is 1. The van der Waals surface area contributed by atoms with Gasteiger partial charge in [0.15, 0.2) is 5.69 Å².